The number of carbonyl (C=O) groups excluding carboxylic acids is 2. The Morgan fingerprint density at radius 3 is 1.47 bits per heavy atom. The number of methoxy groups -OCH3 is 1. The Morgan fingerprint density at radius 1 is 0.582 bits per heavy atom. The van der Waals surface area contributed by atoms with E-state index in [1.54, 1.807) is 6.92 Å². The lowest BCUT2D eigenvalue weighted by Crippen LogP contribution is -2.42. The Kier molecular flexibility index (Phi) is 31.7. The summed E-state index contributed by atoms with van der Waals surface area (Å²) < 4.78 is 76.2. The maximum Gasteiger partial charge on any atom is 0.397 e. The summed E-state index contributed by atoms with van der Waals surface area (Å²) in [4.78, 5) is 29.0. The molecule has 512 valence electrons. The molecular weight excluding hydrogens is 1220 g/mol. The van der Waals surface area contributed by atoms with Gasteiger partial charge in [-0.2, -0.15) is 13.2 Å². The van der Waals surface area contributed by atoms with Gasteiger partial charge in [0.25, 0.3) is 0 Å². The molecule has 91 heavy (non-hydrogen) atoms. The van der Waals surface area contributed by atoms with Gasteiger partial charge in [-0.15, -0.1) is 11.8 Å². The predicted octanol–water partition coefficient (Wildman–Crippen LogP) is 20.0. The number of esters is 2. The van der Waals surface area contributed by atoms with Crippen molar-refractivity contribution in [3.05, 3.63) is 125 Å². The number of hydrogen-bond donors (Lipinski definition) is 1. The fourth-order valence-electron chi connectivity index (χ4n) is 11.7. The lowest BCUT2D eigenvalue weighted by molar-refractivity contribution is -0.158. The fraction of sp³-hybridized carbons (Fsp3) is 0.653. The molecule has 0 aliphatic carbocycles. The van der Waals surface area contributed by atoms with Crippen molar-refractivity contribution in [2.45, 2.75) is 245 Å². The summed E-state index contributed by atoms with van der Waals surface area (Å²) in [7, 11) is -3.82. The third-order valence-corrected chi connectivity index (χ3v) is 31.9. The number of rotatable bonds is 41. The summed E-state index contributed by atoms with van der Waals surface area (Å²) in [6.45, 7) is 40.3. The van der Waals surface area contributed by atoms with E-state index >= 15 is 0 Å². The van der Waals surface area contributed by atoms with Crippen LogP contribution >= 0.6 is 11.8 Å². The Morgan fingerprint density at radius 2 is 1.04 bits per heavy atom. The molecule has 6 unspecified atom stereocenters. The van der Waals surface area contributed by atoms with E-state index < -0.39 is 78.0 Å². The number of ether oxygens (including phenoxy) is 4. The number of aliphatic hydroxyl groups is 1. The summed E-state index contributed by atoms with van der Waals surface area (Å²) in [5.41, 5.74) is 2.17. The lowest BCUT2D eigenvalue weighted by atomic mass is 9.58. The summed E-state index contributed by atoms with van der Waals surface area (Å²) >= 11 is 0.529. The highest BCUT2D eigenvalue weighted by molar-refractivity contribution is 7.99. The molecule has 0 heterocycles. The summed E-state index contributed by atoms with van der Waals surface area (Å²) in [5.74, 6) is -1.35. The molecule has 0 aliphatic rings. The van der Waals surface area contributed by atoms with E-state index in [1.807, 2.05) is 31.2 Å². The first-order valence-electron chi connectivity index (χ1n) is 33.9. The molecule has 9 nitrogen and oxygen atoms in total. The smallest absolute Gasteiger partial charge is 0.397 e. The zero-order valence-electron chi connectivity index (χ0n) is 59.3. The number of carbonyl (C=O) groups is 2. The summed E-state index contributed by atoms with van der Waals surface area (Å²) in [6, 6.07) is 36.9. The third kappa shape index (κ3) is 26.3. The van der Waals surface area contributed by atoms with Crippen LogP contribution in [-0.2, 0) is 33.3 Å². The van der Waals surface area contributed by atoms with Crippen LogP contribution in [0.3, 0.4) is 0 Å². The number of benzene rings is 4. The van der Waals surface area contributed by atoms with Gasteiger partial charge in [-0.25, -0.2) is 0 Å². The Bertz CT molecular complexity index is 2640. The van der Waals surface area contributed by atoms with Crippen LogP contribution in [-0.4, -0.2) is 106 Å². The zero-order valence-corrected chi connectivity index (χ0v) is 63.1. The predicted molar refractivity (Wildman–Crippen MR) is 381 cm³/mol. The Hall–Kier alpha value is -3.91. The molecule has 0 fully saturated rings. The van der Waals surface area contributed by atoms with Crippen molar-refractivity contribution in [1.29, 1.82) is 0 Å². The van der Waals surface area contributed by atoms with Gasteiger partial charge in [-0.3, -0.25) is 9.59 Å². The molecule has 4 aromatic carbocycles. The van der Waals surface area contributed by atoms with E-state index in [0.29, 0.717) is 37.3 Å². The normalized spacial score (nSPS) is 15.3. The van der Waals surface area contributed by atoms with Gasteiger partial charge in [0.15, 0.2) is 16.6 Å². The van der Waals surface area contributed by atoms with Crippen molar-refractivity contribution < 1.29 is 55.7 Å². The molecule has 0 aromatic heterocycles. The average Bonchev–Trinajstić information content (AvgIpc) is 0.925. The largest absolute Gasteiger partial charge is 0.494 e. The van der Waals surface area contributed by atoms with Crippen molar-refractivity contribution in [2.24, 2.45) is 17.3 Å². The molecule has 0 bridgehead atoms. The standard InChI is InChI=1S/C75H119F3O9SSi3/c1-19-57(2)49-61(60-33-43-68(44-34-60)89(12,13)14)50-62(59-31-25-24-26-32-59)52-74(63-35-39-66(40-36-63)83-45-27-20-22-29-47-86-90(15,16)71(4,5)6,64-37-41-67(42-38-64)84-46-28-21-23-30-48-87-91(17,18)72(7,8)9)55-73(10,70(81)82-11)51-58(3)69(80)85-53-65(79)54-88-56-75(76,77)78/h24-26,31-44,57-58,61-62,65,79H,19-23,27-30,45-56H2,1-18H3. The molecular formula is C75H119F3O9SSi3. The van der Waals surface area contributed by atoms with Gasteiger partial charge in [-0.05, 0) is 178 Å². The van der Waals surface area contributed by atoms with Crippen molar-refractivity contribution in [3.8, 4) is 11.5 Å². The first-order valence-corrected chi connectivity index (χ1v) is 44.4. The first kappa shape index (κ1) is 79.5. The van der Waals surface area contributed by atoms with Gasteiger partial charge in [0.1, 0.15) is 18.1 Å². The monoisotopic (exact) mass is 1340 g/mol. The number of aliphatic hydroxyl groups excluding tert-OH is 1. The molecule has 0 radical (unpaired) electrons. The average molecular weight is 1340 g/mol. The summed E-state index contributed by atoms with van der Waals surface area (Å²) in [6.07, 6.45) is 5.92. The van der Waals surface area contributed by atoms with E-state index in [9.17, 15) is 27.9 Å². The van der Waals surface area contributed by atoms with Gasteiger partial charge in [0.2, 0.25) is 0 Å². The Balaban J connectivity index is 1.86. The minimum absolute atomic E-state index is 0.0163. The first-order chi connectivity index (χ1) is 42.5. The minimum Gasteiger partial charge on any atom is -0.494 e. The highest BCUT2D eigenvalue weighted by atomic mass is 32.2. The Labute approximate surface area is 556 Å². The van der Waals surface area contributed by atoms with Crippen LogP contribution in [0.4, 0.5) is 13.2 Å². The van der Waals surface area contributed by atoms with Gasteiger partial charge >= 0.3 is 18.1 Å². The maximum absolute atomic E-state index is 14.9. The molecule has 0 saturated carbocycles. The van der Waals surface area contributed by atoms with Gasteiger partial charge in [0.05, 0.1) is 51.6 Å². The van der Waals surface area contributed by atoms with Gasteiger partial charge in [-0.1, -0.05) is 185 Å². The number of alkyl halides is 3. The van der Waals surface area contributed by atoms with E-state index in [4.69, 9.17) is 27.8 Å². The molecule has 0 spiro atoms. The SMILES string of the molecule is CCC(C)CC(CC(CC(CC(C)(CC(C)C(=O)OCC(O)CSCC(F)(F)F)C(=O)OC)(c1ccc(OCCCCCCO[Si](C)(C)C(C)(C)C)cc1)c1ccc(OCCCCCCO[Si](C)(C)C(C)(C)C)cc1)c1ccccc1)c1ccc([Si](C)(C)C)cc1. The molecule has 1 N–H and O–H groups in total. The number of hydrogen-bond acceptors (Lipinski definition) is 10. The van der Waals surface area contributed by atoms with Gasteiger partial charge in [0, 0.05) is 24.4 Å². The van der Waals surface area contributed by atoms with Crippen LogP contribution in [0, 0.1) is 17.3 Å². The van der Waals surface area contributed by atoms with Crippen LogP contribution in [0.25, 0.3) is 0 Å². The number of halogens is 3. The van der Waals surface area contributed by atoms with Crippen LogP contribution in [0.5, 0.6) is 11.5 Å². The lowest BCUT2D eigenvalue weighted by Gasteiger charge is -2.44. The van der Waals surface area contributed by atoms with Crippen molar-refractivity contribution in [3.63, 3.8) is 0 Å². The topological polar surface area (TPSA) is 110 Å². The van der Waals surface area contributed by atoms with Crippen LogP contribution in [0.2, 0.25) is 55.9 Å². The molecule has 0 saturated heterocycles. The second kappa shape index (κ2) is 36.3. The van der Waals surface area contributed by atoms with Crippen molar-refractivity contribution in [1.82, 2.24) is 0 Å². The molecule has 4 aromatic rings. The van der Waals surface area contributed by atoms with Crippen LogP contribution < -0.4 is 14.7 Å². The van der Waals surface area contributed by atoms with E-state index in [0.717, 1.165) is 106 Å². The second-order valence-corrected chi connectivity index (χ2v) is 46.2. The highest BCUT2D eigenvalue weighted by Crippen LogP contribution is 2.53. The molecule has 0 amide bonds. The summed E-state index contributed by atoms with van der Waals surface area (Å²) in [5, 5.41) is 12.4. The maximum atomic E-state index is 14.9. The third-order valence-electron chi connectivity index (χ3n) is 19.6. The van der Waals surface area contributed by atoms with Crippen LogP contribution in [0.1, 0.15) is 193 Å². The fourth-order valence-corrected chi connectivity index (χ4v) is 15.7. The van der Waals surface area contributed by atoms with Crippen molar-refractivity contribution in [2.75, 3.05) is 51.6 Å². The molecule has 6 atom stereocenters. The minimum atomic E-state index is -4.40. The van der Waals surface area contributed by atoms with E-state index in [-0.39, 0.29) is 40.5 Å². The highest BCUT2D eigenvalue weighted by Gasteiger charge is 2.49. The number of unbranched alkanes of at least 4 members (excludes halogenated alkanes) is 6. The van der Waals surface area contributed by atoms with E-state index in [2.05, 4.69) is 180 Å². The molecule has 0 aliphatic heterocycles. The molecule has 4 rings (SSSR count). The molecule has 16 heteroatoms. The van der Waals surface area contributed by atoms with Crippen LogP contribution in [0.15, 0.2) is 103 Å². The number of thioether (sulfide) groups is 1. The quantitative estimate of drug-likeness (QED) is 0.0262. The van der Waals surface area contributed by atoms with E-state index in [1.165, 1.54) is 23.4 Å². The zero-order chi connectivity index (χ0) is 67.9. The van der Waals surface area contributed by atoms with Gasteiger partial charge < -0.3 is 32.9 Å². The second-order valence-electron chi connectivity index (χ2n) is 30.5. The van der Waals surface area contributed by atoms with Crippen molar-refractivity contribution >= 4 is 53.6 Å².